The van der Waals surface area contributed by atoms with Crippen LogP contribution in [-0.2, 0) is 4.57 Å². The molecule has 1 aliphatic heterocycles. The first kappa shape index (κ1) is 17.7. The molecule has 0 radical (unpaired) electrons. The van der Waals surface area contributed by atoms with Crippen molar-refractivity contribution in [3.8, 4) is 0 Å². The highest BCUT2D eigenvalue weighted by molar-refractivity contribution is 7.58. The average molecular weight is 337 g/mol. The van der Waals surface area contributed by atoms with Crippen molar-refractivity contribution in [3.05, 3.63) is 42.6 Å². The van der Waals surface area contributed by atoms with Crippen LogP contribution in [0.4, 0.5) is 0 Å². The van der Waals surface area contributed by atoms with Gasteiger partial charge in [-0.05, 0) is 32.0 Å². The van der Waals surface area contributed by atoms with Crippen LogP contribution in [0.1, 0.15) is 19.3 Å². The molecule has 1 heterocycles. The Morgan fingerprint density at radius 2 is 1.91 bits per heavy atom. The van der Waals surface area contributed by atoms with Crippen LogP contribution >= 0.6 is 7.37 Å². The summed E-state index contributed by atoms with van der Waals surface area (Å²) in [6.07, 6.45) is 4.34. The van der Waals surface area contributed by atoms with E-state index in [4.69, 9.17) is 0 Å². The fourth-order valence-corrected chi connectivity index (χ4v) is 9.06. The van der Waals surface area contributed by atoms with Gasteiger partial charge in [-0.3, -0.25) is 9.46 Å². The Kier molecular flexibility index (Phi) is 6.22. The molecule has 1 aromatic carbocycles. The maximum Gasteiger partial charge on any atom is 0.213 e. The van der Waals surface area contributed by atoms with Crippen molar-refractivity contribution >= 4 is 20.6 Å². The quantitative estimate of drug-likeness (QED) is 0.612. The Hall–Kier alpha value is -0.673. The van der Waals surface area contributed by atoms with E-state index in [0.29, 0.717) is 12.4 Å². The topological polar surface area (TPSA) is 40.5 Å². The molecule has 1 fully saturated rings. The predicted molar refractivity (Wildman–Crippen MR) is 97.7 cm³/mol. The third-order valence-electron chi connectivity index (χ3n) is 4.73. The van der Waals surface area contributed by atoms with E-state index in [0.717, 1.165) is 32.0 Å². The summed E-state index contributed by atoms with van der Waals surface area (Å²) < 4.78 is 12.6. The van der Waals surface area contributed by atoms with Crippen molar-refractivity contribution < 1.29 is 9.46 Å². The molecule has 2 atom stereocenters. The predicted octanol–water partition coefficient (Wildman–Crippen LogP) is 3.41. The normalized spacial score (nSPS) is 21.7. The van der Waals surface area contributed by atoms with E-state index in [2.05, 4.69) is 30.2 Å². The highest BCUT2D eigenvalue weighted by Gasteiger charge is 2.31. The lowest BCUT2D eigenvalue weighted by atomic mass is 10.1. The van der Waals surface area contributed by atoms with Crippen LogP contribution < -0.4 is 5.19 Å². The Morgan fingerprint density at radius 3 is 2.50 bits per heavy atom. The van der Waals surface area contributed by atoms with Gasteiger partial charge < -0.3 is 4.89 Å². The van der Waals surface area contributed by atoms with Crippen molar-refractivity contribution in [2.45, 2.75) is 31.9 Å². The number of likely N-dealkylation sites (tertiary alicyclic amines) is 1. The molecule has 2 unspecified atom stereocenters. The smallest absolute Gasteiger partial charge is 0.213 e. The maximum atomic E-state index is 12.6. The van der Waals surface area contributed by atoms with Gasteiger partial charge in [-0.1, -0.05) is 54.2 Å². The minimum Gasteiger partial charge on any atom is -0.343 e. The summed E-state index contributed by atoms with van der Waals surface area (Å²) in [7, 11) is -4.94. The largest absolute Gasteiger partial charge is 0.343 e. The molecule has 0 spiro atoms. The number of piperidine rings is 1. The van der Waals surface area contributed by atoms with Gasteiger partial charge in [0, 0.05) is 6.16 Å². The third kappa shape index (κ3) is 4.92. The van der Waals surface area contributed by atoms with Crippen LogP contribution in [0.5, 0.6) is 0 Å². The lowest BCUT2D eigenvalue weighted by molar-refractivity contribution is 0.253. The Bertz CT molecular complexity index is 531. The van der Waals surface area contributed by atoms with Gasteiger partial charge >= 0.3 is 0 Å². The van der Waals surface area contributed by atoms with Gasteiger partial charge in [-0.2, -0.15) is 0 Å². The molecule has 1 aromatic rings. The van der Waals surface area contributed by atoms with Gasteiger partial charge in [0.05, 0.1) is 6.29 Å². The Balaban J connectivity index is 1.96. The first-order chi connectivity index (χ1) is 10.5. The second-order valence-corrected chi connectivity index (χ2v) is 13.4. The molecule has 2 rings (SSSR count). The molecule has 5 heteroatoms. The standard InChI is InChI=1S/C17H28NO2PSi/c1-3-22(2,17-10-6-4-7-11-17)15-14-21(19,20)16-18-12-8-5-9-13-18/h3-4,6-7,10-11H,1,5,8-9,12-16H2,2H3,(H,19,20). The molecular formula is C17H28NO2PSi. The van der Waals surface area contributed by atoms with Crippen LogP contribution in [0.15, 0.2) is 42.6 Å². The fraction of sp³-hybridized carbons (Fsp3) is 0.529. The molecule has 0 bridgehead atoms. The number of nitrogens with zero attached hydrogens (tertiary/aromatic N) is 1. The van der Waals surface area contributed by atoms with Crippen LogP contribution in [0, 0.1) is 0 Å². The second-order valence-electron chi connectivity index (χ2n) is 6.63. The molecule has 0 saturated carbocycles. The minimum atomic E-state index is -3.08. The minimum absolute atomic E-state index is 0.364. The van der Waals surface area contributed by atoms with E-state index in [9.17, 15) is 9.46 Å². The Morgan fingerprint density at radius 1 is 1.27 bits per heavy atom. The zero-order valence-corrected chi connectivity index (χ0v) is 15.5. The van der Waals surface area contributed by atoms with Crippen molar-refractivity contribution in [2.75, 3.05) is 25.5 Å². The van der Waals surface area contributed by atoms with E-state index in [1.165, 1.54) is 11.6 Å². The molecule has 1 aliphatic rings. The summed E-state index contributed by atoms with van der Waals surface area (Å²) >= 11 is 0. The first-order valence-electron chi connectivity index (χ1n) is 8.17. The number of hydrogen-bond donors (Lipinski definition) is 1. The monoisotopic (exact) mass is 337 g/mol. The van der Waals surface area contributed by atoms with E-state index in [1.54, 1.807) is 0 Å². The molecule has 22 heavy (non-hydrogen) atoms. The van der Waals surface area contributed by atoms with E-state index in [1.807, 2.05) is 23.9 Å². The summed E-state index contributed by atoms with van der Waals surface area (Å²) in [5.41, 5.74) is 2.04. The molecule has 1 saturated heterocycles. The molecule has 3 nitrogen and oxygen atoms in total. The second kappa shape index (κ2) is 7.74. The maximum absolute atomic E-state index is 12.6. The van der Waals surface area contributed by atoms with E-state index in [-0.39, 0.29) is 0 Å². The molecule has 0 amide bonds. The van der Waals surface area contributed by atoms with E-state index >= 15 is 0 Å². The van der Waals surface area contributed by atoms with Gasteiger partial charge in [0.2, 0.25) is 7.37 Å². The van der Waals surface area contributed by atoms with Gasteiger partial charge in [-0.25, -0.2) is 0 Å². The summed E-state index contributed by atoms with van der Waals surface area (Å²) in [6, 6.07) is 11.1. The van der Waals surface area contributed by atoms with Crippen LogP contribution in [-0.4, -0.2) is 43.4 Å². The molecule has 0 aliphatic carbocycles. The summed E-state index contributed by atoms with van der Waals surface area (Å²) in [5.74, 6) is 0. The van der Waals surface area contributed by atoms with Crippen LogP contribution in [0.25, 0.3) is 0 Å². The number of benzene rings is 1. The molecule has 0 aromatic heterocycles. The average Bonchev–Trinajstić information content (AvgIpc) is 2.54. The van der Waals surface area contributed by atoms with Crippen molar-refractivity contribution in [3.63, 3.8) is 0 Å². The third-order valence-corrected chi connectivity index (χ3v) is 10.8. The highest BCUT2D eigenvalue weighted by Crippen LogP contribution is 2.43. The van der Waals surface area contributed by atoms with Crippen LogP contribution in [0.3, 0.4) is 0 Å². The first-order valence-corrected chi connectivity index (χ1v) is 13.0. The van der Waals surface area contributed by atoms with Crippen molar-refractivity contribution in [1.82, 2.24) is 4.90 Å². The number of rotatable bonds is 7. The van der Waals surface area contributed by atoms with Crippen molar-refractivity contribution in [1.29, 1.82) is 0 Å². The lowest BCUT2D eigenvalue weighted by Crippen LogP contribution is -2.43. The van der Waals surface area contributed by atoms with Gasteiger partial charge in [0.1, 0.15) is 8.07 Å². The lowest BCUT2D eigenvalue weighted by Gasteiger charge is -2.30. The van der Waals surface area contributed by atoms with Gasteiger partial charge in [-0.15, -0.1) is 6.58 Å². The molecule has 1 N–H and O–H groups in total. The van der Waals surface area contributed by atoms with Crippen LogP contribution in [0.2, 0.25) is 12.6 Å². The number of hydrogen-bond acceptors (Lipinski definition) is 2. The summed E-state index contributed by atoms with van der Waals surface area (Å²) in [6.45, 7) is 8.18. The Labute approximate surface area is 135 Å². The van der Waals surface area contributed by atoms with Gasteiger partial charge in [0.15, 0.2) is 0 Å². The molecule has 122 valence electrons. The fourth-order valence-electron chi connectivity index (χ4n) is 3.07. The summed E-state index contributed by atoms with van der Waals surface area (Å²) in [5, 5.41) is 1.29. The highest BCUT2D eigenvalue weighted by atomic mass is 31.2. The summed E-state index contributed by atoms with van der Waals surface area (Å²) in [4.78, 5) is 12.5. The zero-order valence-electron chi connectivity index (χ0n) is 13.6. The molecular weight excluding hydrogens is 309 g/mol. The van der Waals surface area contributed by atoms with Gasteiger partial charge in [0.25, 0.3) is 0 Å². The zero-order chi connectivity index (χ0) is 16.1. The SMILES string of the molecule is C=C[Si](C)(CCP(=O)(O)CN1CCCCC1)c1ccccc1. The van der Waals surface area contributed by atoms with E-state index < -0.39 is 15.4 Å². The van der Waals surface area contributed by atoms with Crippen molar-refractivity contribution in [2.24, 2.45) is 0 Å².